The predicted octanol–water partition coefficient (Wildman–Crippen LogP) is 0.610. The maximum Gasteiger partial charge on any atom is 0.235 e. The summed E-state index contributed by atoms with van der Waals surface area (Å²) >= 11 is 0. The first-order chi connectivity index (χ1) is 9.43. The molecule has 0 saturated carbocycles. The molecule has 0 saturated heterocycles. The number of aryl methyl sites for hydroxylation is 1. The zero-order valence-corrected chi connectivity index (χ0v) is 11.5. The summed E-state index contributed by atoms with van der Waals surface area (Å²) in [7, 11) is 0. The van der Waals surface area contributed by atoms with Crippen LogP contribution < -0.4 is 11.5 Å². The minimum atomic E-state index is -0.712. The van der Waals surface area contributed by atoms with Crippen LogP contribution in [0.15, 0.2) is 28.7 Å². The highest BCUT2D eigenvalue weighted by atomic mass is 16.4. The molecule has 1 aromatic heterocycles. The molecule has 2 rings (SSSR count). The number of benzene rings is 1. The van der Waals surface area contributed by atoms with Crippen molar-refractivity contribution in [1.29, 1.82) is 0 Å². The maximum atomic E-state index is 9.07. The molecular weight excluding hydrogens is 260 g/mol. The molecule has 20 heavy (non-hydrogen) atoms. The number of aromatic nitrogens is 2. The summed E-state index contributed by atoms with van der Waals surface area (Å²) in [4.78, 5) is 0. The smallest absolute Gasteiger partial charge is 0.235 e. The molecule has 2 atom stereocenters. The Hall–Kier alpha value is -1.96. The van der Waals surface area contributed by atoms with E-state index in [4.69, 9.17) is 26.1 Å². The highest BCUT2D eigenvalue weighted by molar-refractivity contribution is 5.24. The molecule has 0 spiro atoms. The number of aliphatic hydroxyl groups excluding tert-OH is 1. The lowest BCUT2D eigenvalue weighted by molar-refractivity contribution is 0.150. The number of phenols is 1. The van der Waals surface area contributed by atoms with E-state index in [-0.39, 0.29) is 12.4 Å². The number of nitrogens with two attached hydrogens (primary N) is 2. The van der Waals surface area contributed by atoms with E-state index in [0.717, 1.165) is 0 Å². The number of nitrogens with zero attached hydrogens (tertiary/aromatic N) is 2. The van der Waals surface area contributed by atoms with Crippen molar-refractivity contribution in [3.63, 3.8) is 0 Å². The molecule has 7 heteroatoms. The van der Waals surface area contributed by atoms with Gasteiger partial charge in [-0.05, 0) is 26.0 Å². The van der Waals surface area contributed by atoms with Gasteiger partial charge in [0.1, 0.15) is 11.8 Å². The van der Waals surface area contributed by atoms with Crippen LogP contribution in [-0.4, -0.2) is 26.5 Å². The summed E-state index contributed by atoms with van der Waals surface area (Å²) < 4.78 is 5.02. The van der Waals surface area contributed by atoms with Gasteiger partial charge in [-0.15, -0.1) is 10.2 Å². The fourth-order valence-corrected chi connectivity index (χ4v) is 1.23. The highest BCUT2D eigenvalue weighted by Crippen LogP contribution is 2.11. The van der Waals surface area contributed by atoms with Crippen molar-refractivity contribution in [3.8, 4) is 5.75 Å². The first kappa shape index (κ1) is 16.1. The van der Waals surface area contributed by atoms with E-state index in [0.29, 0.717) is 11.6 Å². The molecule has 110 valence electrons. The first-order valence-electron chi connectivity index (χ1n) is 6.15. The number of hydrogen-bond donors (Lipinski definition) is 4. The Morgan fingerprint density at radius 3 is 2.25 bits per heavy atom. The van der Waals surface area contributed by atoms with Crippen molar-refractivity contribution in [2.45, 2.75) is 32.5 Å². The minimum absolute atomic E-state index is 0.180. The Kier molecular flexibility index (Phi) is 6.10. The molecule has 2 unspecified atom stereocenters. The molecule has 0 aliphatic rings. The fraction of sp³-hybridized carbons (Fsp3) is 0.385. The summed E-state index contributed by atoms with van der Waals surface area (Å²) in [5.41, 5.74) is 11.9. The number of aromatic hydroxyl groups is 1. The van der Waals surface area contributed by atoms with Crippen molar-refractivity contribution in [2.24, 2.45) is 11.5 Å². The van der Waals surface area contributed by atoms with Crippen LogP contribution in [0.25, 0.3) is 0 Å². The van der Waals surface area contributed by atoms with E-state index < -0.39 is 12.1 Å². The Labute approximate surface area is 117 Å². The van der Waals surface area contributed by atoms with Crippen LogP contribution >= 0.6 is 0 Å². The van der Waals surface area contributed by atoms with Crippen molar-refractivity contribution >= 4 is 0 Å². The second-order valence-corrected chi connectivity index (χ2v) is 4.34. The third-order valence-corrected chi connectivity index (χ3v) is 2.50. The predicted molar refractivity (Wildman–Crippen MR) is 73.6 cm³/mol. The van der Waals surface area contributed by atoms with Crippen molar-refractivity contribution in [2.75, 3.05) is 0 Å². The standard InChI is InChI=1S/C7H8O.C6H12N4O2/c1-6-2-4-7(8)5-3-6;1-3(11)5(8)6-10-9-4(2-7)12-6/h2-5,8H,1H3;3,5,11H,2,7-8H2,1H3. The van der Waals surface area contributed by atoms with Gasteiger partial charge in [0.05, 0.1) is 12.6 Å². The zero-order chi connectivity index (χ0) is 15.1. The van der Waals surface area contributed by atoms with Gasteiger partial charge >= 0.3 is 0 Å². The van der Waals surface area contributed by atoms with Crippen molar-refractivity contribution in [1.82, 2.24) is 10.2 Å². The van der Waals surface area contributed by atoms with Gasteiger partial charge in [0.15, 0.2) is 0 Å². The molecule has 0 aliphatic carbocycles. The summed E-state index contributed by atoms with van der Waals surface area (Å²) in [6, 6.07) is 6.45. The Morgan fingerprint density at radius 2 is 1.85 bits per heavy atom. The average Bonchev–Trinajstić information content (AvgIpc) is 2.90. The van der Waals surface area contributed by atoms with E-state index >= 15 is 0 Å². The van der Waals surface area contributed by atoms with Gasteiger partial charge < -0.3 is 26.1 Å². The first-order valence-corrected chi connectivity index (χ1v) is 6.15. The molecule has 0 bridgehead atoms. The third kappa shape index (κ3) is 4.96. The molecule has 0 radical (unpaired) electrons. The summed E-state index contributed by atoms with van der Waals surface area (Å²) in [5, 5.41) is 25.1. The molecule has 0 fully saturated rings. The van der Waals surface area contributed by atoms with Gasteiger partial charge in [-0.1, -0.05) is 17.7 Å². The van der Waals surface area contributed by atoms with Crippen LogP contribution in [0.5, 0.6) is 5.75 Å². The molecule has 0 aliphatic heterocycles. The Balaban J connectivity index is 0.000000217. The van der Waals surface area contributed by atoms with Crippen LogP contribution in [0.2, 0.25) is 0 Å². The van der Waals surface area contributed by atoms with E-state index in [1.807, 2.05) is 19.1 Å². The maximum absolute atomic E-state index is 9.07. The summed E-state index contributed by atoms with van der Waals surface area (Å²) in [5.74, 6) is 0.863. The molecule has 1 heterocycles. The SMILES string of the molecule is CC(O)C(N)c1nnc(CN)o1.Cc1ccc(O)cc1. The lowest BCUT2D eigenvalue weighted by Gasteiger charge is -2.08. The number of aliphatic hydroxyl groups is 1. The minimum Gasteiger partial charge on any atom is -0.508 e. The van der Waals surface area contributed by atoms with Gasteiger partial charge in [0, 0.05) is 0 Å². The van der Waals surface area contributed by atoms with Gasteiger partial charge in [-0.25, -0.2) is 0 Å². The van der Waals surface area contributed by atoms with Crippen LogP contribution in [0.3, 0.4) is 0 Å². The van der Waals surface area contributed by atoms with Crippen LogP contribution in [0, 0.1) is 6.92 Å². The van der Waals surface area contributed by atoms with Crippen LogP contribution in [0.1, 0.15) is 30.3 Å². The van der Waals surface area contributed by atoms with Crippen molar-refractivity contribution < 1.29 is 14.6 Å². The molecule has 2 aromatic rings. The number of rotatable bonds is 3. The van der Waals surface area contributed by atoms with E-state index in [1.54, 1.807) is 19.1 Å². The van der Waals surface area contributed by atoms with Gasteiger partial charge in [-0.3, -0.25) is 0 Å². The molecule has 6 N–H and O–H groups in total. The Bertz CT molecular complexity index is 490. The van der Waals surface area contributed by atoms with Crippen molar-refractivity contribution in [3.05, 3.63) is 41.6 Å². The topological polar surface area (TPSA) is 131 Å². The third-order valence-electron chi connectivity index (χ3n) is 2.50. The average molecular weight is 280 g/mol. The van der Waals surface area contributed by atoms with Crippen LogP contribution in [-0.2, 0) is 6.54 Å². The molecular formula is C13H20N4O3. The molecule has 1 aromatic carbocycles. The van der Waals surface area contributed by atoms with E-state index in [9.17, 15) is 0 Å². The second-order valence-electron chi connectivity index (χ2n) is 4.34. The largest absolute Gasteiger partial charge is 0.508 e. The van der Waals surface area contributed by atoms with Gasteiger partial charge in [0.2, 0.25) is 11.8 Å². The van der Waals surface area contributed by atoms with Gasteiger partial charge in [0.25, 0.3) is 0 Å². The Morgan fingerprint density at radius 1 is 1.25 bits per heavy atom. The van der Waals surface area contributed by atoms with E-state index in [2.05, 4.69) is 10.2 Å². The monoisotopic (exact) mass is 280 g/mol. The van der Waals surface area contributed by atoms with Crippen LogP contribution in [0.4, 0.5) is 0 Å². The number of phenolic OH excluding ortho intramolecular Hbond substituents is 1. The molecule has 0 amide bonds. The molecule has 7 nitrogen and oxygen atoms in total. The summed E-state index contributed by atoms with van der Waals surface area (Å²) in [6.07, 6.45) is -0.712. The van der Waals surface area contributed by atoms with Gasteiger partial charge in [-0.2, -0.15) is 0 Å². The normalized spacial score (nSPS) is 13.2. The summed E-state index contributed by atoms with van der Waals surface area (Å²) in [6.45, 7) is 3.72. The second kappa shape index (κ2) is 7.59. The highest BCUT2D eigenvalue weighted by Gasteiger charge is 2.18. The zero-order valence-electron chi connectivity index (χ0n) is 11.5. The quantitative estimate of drug-likeness (QED) is 0.647. The lowest BCUT2D eigenvalue weighted by atomic mass is 10.2. The lowest BCUT2D eigenvalue weighted by Crippen LogP contribution is -2.23. The fourth-order valence-electron chi connectivity index (χ4n) is 1.23. The van der Waals surface area contributed by atoms with E-state index in [1.165, 1.54) is 5.56 Å². The number of hydrogen-bond acceptors (Lipinski definition) is 7.